The molecule has 2 saturated heterocycles. The molecule has 0 radical (unpaired) electrons. The number of nitrogens with zero attached hydrogens (tertiary/aromatic N) is 3. The van der Waals surface area contributed by atoms with Crippen LogP contribution in [0.2, 0.25) is 0 Å². The zero-order valence-corrected chi connectivity index (χ0v) is 19.6. The van der Waals surface area contributed by atoms with E-state index in [4.69, 9.17) is 9.47 Å². The second-order valence-electron chi connectivity index (χ2n) is 9.60. The lowest BCUT2D eigenvalue weighted by molar-refractivity contribution is -0.152. The number of piperazine rings is 1. The molecule has 4 aliphatic rings. The lowest BCUT2D eigenvalue weighted by atomic mass is 9.82. The van der Waals surface area contributed by atoms with Crippen LogP contribution in [0.25, 0.3) is 0 Å². The third kappa shape index (κ3) is 3.56. The molecular formula is C25H31N3O5. The van der Waals surface area contributed by atoms with Crippen molar-refractivity contribution in [2.24, 2.45) is 0 Å². The van der Waals surface area contributed by atoms with E-state index >= 15 is 0 Å². The molecule has 0 unspecified atom stereocenters. The summed E-state index contributed by atoms with van der Waals surface area (Å²) in [5.41, 5.74) is 4.88. The summed E-state index contributed by atoms with van der Waals surface area (Å²) in [7, 11) is 2.04. The fourth-order valence-corrected chi connectivity index (χ4v) is 5.68. The molecule has 2 fully saturated rings. The van der Waals surface area contributed by atoms with E-state index in [9.17, 15) is 14.4 Å². The van der Waals surface area contributed by atoms with Gasteiger partial charge in [0.15, 0.2) is 0 Å². The zero-order valence-electron chi connectivity index (χ0n) is 19.6. The van der Waals surface area contributed by atoms with Gasteiger partial charge in [0.25, 0.3) is 0 Å². The first-order chi connectivity index (χ1) is 15.8. The molecule has 5 rings (SSSR count). The predicted octanol–water partition coefficient (Wildman–Crippen LogP) is 1.65. The van der Waals surface area contributed by atoms with Crippen molar-refractivity contribution in [1.29, 1.82) is 0 Å². The summed E-state index contributed by atoms with van der Waals surface area (Å²) in [5.74, 6) is -0.447. The number of rotatable bonds is 4. The second-order valence-corrected chi connectivity index (χ2v) is 9.60. The Kier molecular flexibility index (Phi) is 5.53. The Balaban J connectivity index is 1.24. The summed E-state index contributed by atoms with van der Waals surface area (Å²) in [6.45, 7) is 8.37. The van der Waals surface area contributed by atoms with E-state index in [1.807, 2.05) is 19.2 Å². The standard InChI is InChI=1S/C25H31N3O5/c1-16-18(4-5-19-20(16)14-32-23(19)30)6-9-27-10-7-25(8-11-27)24(31)28(13-12-26(25)3)21-15-33-22(29)17(21)2/h4-5H,6-15H2,1-3H3. The average Bonchev–Trinajstić information content (AvgIpc) is 3.35. The number of hydrogen-bond acceptors (Lipinski definition) is 7. The highest BCUT2D eigenvalue weighted by Gasteiger charge is 2.50. The van der Waals surface area contributed by atoms with E-state index < -0.39 is 5.54 Å². The molecule has 4 heterocycles. The van der Waals surface area contributed by atoms with Gasteiger partial charge in [-0.1, -0.05) is 6.07 Å². The number of fused-ring (bicyclic) bond motifs is 1. The number of benzene rings is 1. The molecule has 0 N–H and O–H groups in total. The largest absolute Gasteiger partial charge is 0.457 e. The van der Waals surface area contributed by atoms with Crippen LogP contribution in [0, 0.1) is 6.92 Å². The molecular weight excluding hydrogens is 422 g/mol. The highest BCUT2D eigenvalue weighted by molar-refractivity contribution is 5.95. The Morgan fingerprint density at radius 1 is 0.939 bits per heavy atom. The predicted molar refractivity (Wildman–Crippen MR) is 120 cm³/mol. The minimum Gasteiger partial charge on any atom is -0.457 e. The number of carbonyl (C=O) groups excluding carboxylic acids is 3. The topological polar surface area (TPSA) is 79.4 Å². The van der Waals surface area contributed by atoms with E-state index in [1.54, 1.807) is 11.8 Å². The van der Waals surface area contributed by atoms with Crippen molar-refractivity contribution in [3.63, 3.8) is 0 Å². The molecule has 0 saturated carbocycles. The van der Waals surface area contributed by atoms with Crippen LogP contribution in [0.4, 0.5) is 0 Å². The van der Waals surface area contributed by atoms with Gasteiger partial charge in [0.05, 0.1) is 16.8 Å². The number of likely N-dealkylation sites (N-methyl/N-ethyl adjacent to an activating group) is 1. The van der Waals surface area contributed by atoms with E-state index in [0.29, 0.717) is 24.3 Å². The SMILES string of the molecule is CC1=C(N2CCN(C)C3(CCN(CCc4ccc5c(c4C)COC5=O)CC3)C2=O)COC1=O. The fourth-order valence-electron chi connectivity index (χ4n) is 5.68. The molecule has 176 valence electrons. The van der Waals surface area contributed by atoms with Crippen LogP contribution in [-0.4, -0.2) is 84.5 Å². The van der Waals surface area contributed by atoms with Gasteiger partial charge >= 0.3 is 11.9 Å². The summed E-state index contributed by atoms with van der Waals surface area (Å²) in [6.07, 6.45) is 2.44. The zero-order chi connectivity index (χ0) is 23.3. The number of amides is 1. The summed E-state index contributed by atoms with van der Waals surface area (Å²) in [5, 5.41) is 0. The number of carbonyl (C=O) groups is 3. The average molecular weight is 454 g/mol. The van der Waals surface area contributed by atoms with Crippen molar-refractivity contribution in [2.45, 2.75) is 45.3 Å². The maximum atomic E-state index is 13.6. The molecule has 1 aromatic rings. The smallest absolute Gasteiger partial charge is 0.338 e. The molecule has 1 amide bonds. The molecule has 4 aliphatic heterocycles. The van der Waals surface area contributed by atoms with Crippen LogP contribution in [0.3, 0.4) is 0 Å². The third-order valence-electron chi connectivity index (χ3n) is 8.10. The Labute approximate surface area is 194 Å². The van der Waals surface area contributed by atoms with Gasteiger partial charge in [-0.2, -0.15) is 0 Å². The molecule has 33 heavy (non-hydrogen) atoms. The maximum Gasteiger partial charge on any atom is 0.338 e. The van der Waals surface area contributed by atoms with Crippen molar-refractivity contribution in [3.8, 4) is 0 Å². The molecule has 8 nitrogen and oxygen atoms in total. The minimum absolute atomic E-state index is 0.0997. The van der Waals surface area contributed by atoms with Crippen molar-refractivity contribution < 1.29 is 23.9 Å². The molecule has 0 atom stereocenters. The van der Waals surface area contributed by atoms with E-state index in [1.165, 1.54) is 5.56 Å². The monoisotopic (exact) mass is 453 g/mol. The minimum atomic E-state index is -0.519. The van der Waals surface area contributed by atoms with E-state index in [0.717, 1.165) is 62.3 Å². The highest BCUT2D eigenvalue weighted by Crippen LogP contribution is 2.36. The Hall–Kier alpha value is -2.71. The van der Waals surface area contributed by atoms with Gasteiger partial charge in [-0.15, -0.1) is 0 Å². The van der Waals surface area contributed by atoms with Gasteiger partial charge in [0, 0.05) is 38.3 Å². The Morgan fingerprint density at radius 2 is 1.67 bits per heavy atom. The van der Waals surface area contributed by atoms with Crippen LogP contribution in [-0.2, 0) is 32.1 Å². The summed E-state index contributed by atoms with van der Waals surface area (Å²) >= 11 is 0. The van der Waals surface area contributed by atoms with Crippen LogP contribution < -0.4 is 0 Å². The van der Waals surface area contributed by atoms with Crippen molar-refractivity contribution in [3.05, 3.63) is 45.7 Å². The van der Waals surface area contributed by atoms with Crippen LogP contribution in [0.1, 0.15) is 46.8 Å². The first-order valence-corrected chi connectivity index (χ1v) is 11.7. The molecule has 8 heteroatoms. The molecule has 1 aromatic carbocycles. The first kappa shape index (κ1) is 22.1. The van der Waals surface area contributed by atoms with Crippen molar-refractivity contribution in [2.75, 3.05) is 46.4 Å². The summed E-state index contributed by atoms with van der Waals surface area (Å²) < 4.78 is 10.3. The molecule has 0 bridgehead atoms. The number of cyclic esters (lactones) is 2. The normalized spacial score (nSPS) is 23.4. The van der Waals surface area contributed by atoms with Crippen LogP contribution in [0.15, 0.2) is 23.4 Å². The van der Waals surface area contributed by atoms with E-state index in [2.05, 4.69) is 16.7 Å². The van der Waals surface area contributed by atoms with Crippen LogP contribution >= 0.6 is 0 Å². The van der Waals surface area contributed by atoms with Gasteiger partial charge in [0.2, 0.25) is 5.91 Å². The number of ether oxygens (including phenoxy) is 2. The summed E-state index contributed by atoms with van der Waals surface area (Å²) in [4.78, 5) is 43.7. The molecule has 1 spiro atoms. The van der Waals surface area contributed by atoms with E-state index in [-0.39, 0.29) is 24.5 Å². The first-order valence-electron chi connectivity index (χ1n) is 11.7. The van der Waals surface area contributed by atoms with Crippen molar-refractivity contribution in [1.82, 2.24) is 14.7 Å². The fraction of sp³-hybridized carbons (Fsp3) is 0.560. The van der Waals surface area contributed by atoms with Crippen LogP contribution in [0.5, 0.6) is 0 Å². The Bertz CT molecular complexity index is 1050. The highest BCUT2D eigenvalue weighted by atomic mass is 16.5. The van der Waals surface area contributed by atoms with Gasteiger partial charge in [-0.3, -0.25) is 9.69 Å². The van der Waals surface area contributed by atoms with Gasteiger partial charge in [-0.05, 0) is 57.4 Å². The second kappa shape index (κ2) is 8.25. The summed E-state index contributed by atoms with van der Waals surface area (Å²) in [6, 6.07) is 3.93. The quantitative estimate of drug-likeness (QED) is 0.642. The number of esters is 2. The van der Waals surface area contributed by atoms with Crippen molar-refractivity contribution >= 4 is 17.8 Å². The number of likely N-dealkylation sites (tertiary alicyclic amines) is 1. The lowest BCUT2D eigenvalue weighted by Gasteiger charge is -2.51. The Morgan fingerprint density at radius 3 is 2.36 bits per heavy atom. The third-order valence-corrected chi connectivity index (χ3v) is 8.10. The number of piperidine rings is 1. The molecule has 0 aliphatic carbocycles. The van der Waals surface area contributed by atoms with Gasteiger partial charge in [-0.25, -0.2) is 9.59 Å². The van der Waals surface area contributed by atoms with Gasteiger partial charge < -0.3 is 19.3 Å². The van der Waals surface area contributed by atoms with Gasteiger partial charge in [0.1, 0.15) is 18.8 Å². The lowest BCUT2D eigenvalue weighted by Crippen LogP contribution is -2.67. The number of hydrogen-bond donors (Lipinski definition) is 0. The maximum absolute atomic E-state index is 13.6. The molecule has 0 aromatic heterocycles.